The fraction of sp³-hybridized carbons (Fsp3) is 0.476. The maximum atomic E-state index is 15.0. The number of fused-ring (bicyclic) bond motifs is 2. The van der Waals surface area contributed by atoms with Crippen LogP contribution in [0.3, 0.4) is 0 Å². The first-order chi connectivity index (χ1) is 25.7. The van der Waals surface area contributed by atoms with Crippen molar-refractivity contribution in [2.75, 3.05) is 26.9 Å². The first kappa shape index (κ1) is 37.3. The second kappa shape index (κ2) is 16.2. The number of amides is 2. The van der Waals surface area contributed by atoms with Crippen LogP contribution >= 0.6 is 11.6 Å². The molecule has 2 amide bonds. The summed E-state index contributed by atoms with van der Waals surface area (Å²) in [5.41, 5.74) is 5.85. The van der Waals surface area contributed by atoms with Crippen LogP contribution in [0.1, 0.15) is 73.6 Å². The molecule has 0 aromatic heterocycles. The molecule has 3 fully saturated rings. The van der Waals surface area contributed by atoms with Crippen LogP contribution in [0.2, 0.25) is 5.02 Å². The van der Waals surface area contributed by atoms with Crippen molar-refractivity contribution < 1.29 is 33.0 Å². The van der Waals surface area contributed by atoms with E-state index in [1.165, 1.54) is 0 Å². The lowest BCUT2D eigenvalue weighted by Gasteiger charge is -2.44. The van der Waals surface area contributed by atoms with E-state index in [2.05, 4.69) is 23.5 Å². The number of aliphatic hydroxyl groups is 1. The summed E-state index contributed by atoms with van der Waals surface area (Å²) in [5.74, 6) is -1.04. The van der Waals surface area contributed by atoms with Crippen LogP contribution in [-0.4, -0.2) is 77.8 Å². The van der Waals surface area contributed by atoms with Crippen LogP contribution in [0.25, 0.3) is 5.57 Å². The second-order valence-corrected chi connectivity index (χ2v) is 15.3. The van der Waals surface area contributed by atoms with E-state index in [1.807, 2.05) is 41.0 Å². The van der Waals surface area contributed by atoms with Crippen molar-refractivity contribution in [2.45, 2.75) is 95.4 Å². The van der Waals surface area contributed by atoms with Gasteiger partial charge in [-0.25, -0.2) is 8.78 Å². The van der Waals surface area contributed by atoms with Crippen molar-refractivity contribution in [1.29, 1.82) is 0 Å². The van der Waals surface area contributed by atoms with Gasteiger partial charge in [0.1, 0.15) is 16.6 Å². The summed E-state index contributed by atoms with van der Waals surface area (Å²) in [4.78, 5) is 32.8. The first-order valence-electron chi connectivity index (χ1n) is 18.9. The second-order valence-electron chi connectivity index (χ2n) is 14.9. The molecule has 3 aromatic carbocycles. The molecule has 0 spiro atoms. The highest BCUT2D eigenvalue weighted by Crippen LogP contribution is 2.42. The Morgan fingerprint density at radius 3 is 2.55 bits per heavy atom. The van der Waals surface area contributed by atoms with E-state index in [0.717, 1.165) is 77.0 Å². The van der Waals surface area contributed by atoms with Crippen LogP contribution < -0.4 is 14.8 Å². The minimum atomic E-state index is -0.729. The Hall–Kier alpha value is -3.99. The van der Waals surface area contributed by atoms with Gasteiger partial charge in [0.05, 0.1) is 26.4 Å². The summed E-state index contributed by atoms with van der Waals surface area (Å²) in [5, 5.41) is 13.3. The molecule has 4 aliphatic rings. The van der Waals surface area contributed by atoms with Gasteiger partial charge < -0.3 is 29.7 Å². The Balaban J connectivity index is 1.14. The topological polar surface area (TPSA) is 91.3 Å². The van der Waals surface area contributed by atoms with E-state index in [9.17, 15) is 23.5 Å². The molecule has 4 atom stereocenters. The zero-order valence-electron chi connectivity index (χ0n) is 30.4. The maximum Gasteiger partial charge on any atom is 0.252 e. The summed E-state index contributed by atoms with van der Waals surface area (Å²) in [6, 6.07) is 15.9. The third-order valence-corrected chi connectivity index (χ3v) is 11.8. The molecule has 53 heavy (non-hydrogen) atoms. The first-order valence-corrected chi connectivity index (χ1v) is 19.2. The van der Waals surface area contributed by atoms with E-state index in [-0.39, 0.29) is 65.9 Å². The quantitative estimate of drug-likeness (QED) is 0.144. The Labute approximate surface area is 315 Å². The van der Waals surface area contributed by atoms with Gasteiger partial charge in [0, 0.05) is 42.7 Å². The molecule has 3 aliphatic heterocycles. The van der Waals surface area contributed by atoms with Gasteiger partial charge in [-0.15, -0.1) is 0 Å². The smallest absolute Gasteiger partial charge is 0.252 e. The molecule has 0 radical (unpaired) electrons. The number of piperidine rings is 1. The molecule has 2 saturated heterocycles. The molecule has 1 saturated carbocycles. The minimum absolute atomic E-state index is 0.00708. The summed E-state index contributed by atoms with van der Waals surface area (Å²) in [7, 11) is 1.66. The van der Waals surface area contributed by atoms with Crippen molar-refractivity contribution in [3.63, 3.8) is 0 Å². The van der Waals surface area contributed by atoms with Gasteiger partial charge in [-0.3, -0.25) is 9.59 Å². The van der Waals surface area contributed by atoms with Gasteiger partial charge in [-0.1, -0.05) is 48.0 Å². The predicted octanol–water partition coefficient (Wildman–Crippen LogP) is 7.02. The monoisotopic (exact) mass is 747 g/mol. The largest absolute Gasteiger partial charge is 0.496 e. The molecule has 3 unspecified atom stereocenters. The average molecular weight is 748 g/mol. The Kier molecular flexibility index (Phi) is 11.4. The number of ether oxygens (including phenoxy) is 2. The van der Waals surface area contributed by atoms with Crippen molar-refractivity contribution in [1.82, 2.24) is 15.1 Å². The number of likely N-dealkylation sites (tertiary alicyclic amines) is 1. The van der Waals surface area contributed by atoms with E-state index < -0.39 is 11.6 Å². The average Bonchev–Trinajstić information content (AvgIpc) is 3.90. The van der Waals surface area contributed by atoms with Gasteiger partial charge >= 0.3 is 0 Å². The van der Waals surface area contributed by atoms with E-state index in [1.54, 1.807) is 7.11 Å². The number of halogens is 3. The number of rotatable bonds is 13. The highest BCUT2D eigenvalue weighted by Gasteiger charge is 2.46. The third kappa shape index (κ3) is 7.96. The van der Waals surface area contributed by atoms with Crippen LogP contribution in [0.5, 0.6) is 11.5 Å². The highest BCUT2D eigenvalue weighted by molar-refractivity contribution is 6.32. The third-order valence-electron chi connectivity index (χ3n) is 11.5. The lowest BCUT2D eigenvalue weighted by Crippen LogP contribution is -2.56. The molecule has 11 heteroatoms. The van der Waals surface area contributed by atoms with Gasteiger partial charge in [0.2, 0.25) is 5.91 Å². The number of benzene rings is 3. The number of carbonyl (C=O) groups is 2. The molecular weight excluding hydrogens is 700 g/mol. The Morgan fingerprint density at radius 1 is 1.04 bits per heavy atom. The zero-order valence-corrected chi connectivity index (χ0v) is 31.1. The van der Waals surface area contributed by atoms with E-state index >= 15 is 0 Å². The molecule has 7 rings (SSSR count). The van der Waals surface area contributed by atoms with Crippen molar-refractivity contribution in [3.8, 4) is 11.5 Å². The number of hydrogen-bond donors (Lipinski definition) is 2. The number of hydrogen-bond acceptors (Lipinski definition) is 6. The van der Waals surface area contributed by atoms with Crippen molar-refractivity contribution >= 4 is 29.0 Å². The number of nitrogens with one attached hydrogen (secondary N) is 1. The fourth-order valence-electron chi connectivity index (χ4n) is 8.47. The van der Waals surface area contributed by atoms with Crippen LogP contribution in [0.15, 0.2) is 60.2 Å². The number of methoxy groups -OCH3 is 1. The zero-order chi connectivity index (χ0) is 37.2. The molecule has 8 nitrogen and oxygen atoms in total. The maximum absolute atomic E-state index is 15.0. The highest BCUT2D eigenvalue weighted by atomic mass is 35.5. The van der Waals surface area contributed by atoms with Crippen LogP contribution in [0.4, 0.5) is 8.78 Å². The van der Waals surface area contributed by atoms with Gasteiger partial charge in [0.25, 0.3) is 5.91 Å². The number of aliphatic hydroxyl groups excluding tert-OH is 1. The molecule has 282 valence electrons. The summed E-state index contributed by atoms with van der Waals surface area (Å²) in [6.45, 7) is 3.30. The Morgan fingerprint density at radius 2 is 1.81 bits per heavy atom. The van der Waals surface area contributed by atoms with Crippen molar-refractivity contribution in [3.05, 3.63) is 99.1 Å². The molecule has 2 N–H and O–H groups in total. The molecule has 2 bridgehead atoms. The fourth-order valence-corrected chi connectivity index (χ4v) is 8.67. The number of carbonyl (C=O) groups excluding carboxylic acids is 2. The Bertz CT molecular complexity index is 1870. The van der Waals surface area contributed by atoms with Crippen LogP contribution in [-0.2, 0) is 22.6 Å². The molecule has 1 aliphatic carbocycles. The normalized spacial score (nSPS) is 22.6. The lowest BCUT2D eigenvalue weighted by molar-refractivity contribution is -0.139. The molecule has 3 heterocycles. The summed E-state index contributed by atoms with van der Waals surface area (Å²) >= 11 is 5.91. The molecular formula is C42H48ClF2N3O5. The summed E-state index contributed by atoms with van der Waals surface area (Å²) < 4.78 is 39.1. The lowest BCUT2D eigenvalue weighted by atomic mass is 9.74. The van der Waals surface area contributed by atoms with E-state index in [0.29, 0.717) is 45.2 Å². The van der Waals surface area contributed by atoms with E-state index in [4.69, 9.17) is 21.1 Å². The van der Waals surface area contributed by atoms with Gasteiger partial charge in [0.15, 0.2) is 11.6 Å². The predicted molar refractivity (Wildman–Crippen MR) is 200 cm³/mol. The summed E-state index contributed by atoms with van der Waals surface area (Å²) in [6.07, 6.45) is 6.65. The minimum Gasteiger partial charge on any atom is -0.496 e. The van der Waals surface area contributed by atoms with Gasteiger partial charge in [-0.05, 0) is 111 Å². The van der Waals surface area contributed by atoms with Gasteiger partial charge in [-0.2, -0.15) is 0 Å². The van der Waals surface area contributed by atoms with Crippen LogP contribution in [0, 0.1) is 24.5 Å². The van der Waals surface area contributed by atoms with Crippen molar-refractivity contribution in [2.24, 2.45) is 5.92 Å². The molecule has 3 aromatic rings. The number of nitrogens with zero attached hydrogens (tertiary/aromatic N) is 2. The SMILES string of the molecule is COc1cccc(CN(C(=O)C2=C(c3ccc(CCCOc4c(F)ccc(F)c4Cl)cc3)CC3C[C@@H](C(=O)N4CCCC4CO)CC2N3)C2CC2)c1C. The number of aryl methyl sites for hydroxylation is 1. The standard InChI is InChI=1S/C42H48ClF2N3O5/c1-25-28(7-3-9-37(25)52-2)23-48(31-14-15-31)42(51)38-33(22-30-20-29(21-36(38)46-30)41(50)47-18-4-8-32(47)24-49)27-12-10-26(11-13-27)6-5-19-53-40-35(45)17-16-34(44)39(40)43/h3,7,9-13,16-17,29-32,36,46,49H,4-6,8,14-15,18-24H2,1-2H3/t29-,30?,32?,36?/m1/s1.